The van der Waals surface area contributed by atoms with Gasteiger partial charge in [-0.05, 0) is 42.1 Å². The standard InChI is InChI=1S/C14H18/c1-13-8-5-9-14(13,11-13)10-12-6-3-2-4-7-12/h2-4,6-7H,5,8-11H2,1H3. The van der Waals surface area contributed by atoms with E-state index < -0.39 is 0 Å². The molecule has 3 rings (SSSR count). The smallest absolute Gasteiger partial charge is 0.0198 e. The van der Waals surface area contributed by atoms with E-state index in [2.05, 4.69) is 37.3 Å². The number of hydrogen-bond acceptors (Lipinski definition) is 0. The van der Waals surface area contributed by atoms with Gasteiger partial charge in [0.05, 0.1) is 0 Å². The molecule has 74 valence electrons. The fraction of sp³-hybridized carbons (Fsp3) is 0.571. The van der Waals surface area contributed by atoms with Crippen LogP contribution in [0.2, 0.25) is 0 Å². The van der Waals surface area contributed by atoms with Gasteiger partial charge in [-0.1, -0.05) is 43.7 Å². The molecule has 0 saturated heterocycles. The number of benzene rings is 1. The third kappa shape index (κ3) is 1.06. The number of rotatable bonds is 2. The highest BCUT2D eigenvalue weighted by Crippen LogP contribution is 2.74. The minimum Gasteiger partial charge on any atom is -0.0622 e. The van der Waals surface area contributed by atoms with Crippen molar-refractivity contribution in [3.05, 3.63) is 35.9 Å². The van der Waals surface area contributed by atoms with Crippen LogP contribution in [-0.4, -0.2) is 0 Å². The fourth-order valence-electron chi connectivity index (χ4n) is 3.61. The van der Waals surface area contributed by atoms with Crippen LogP contribution in [0.5, 0.6) is 0 Å². The molecular formula is C14H18. The summed E-state index contributed by atoms with van der Waals surface area (Å²) in [7, 11) is 0. The van der Waals surface area contributed by atoms with Crippen LogP contribution in [0.4, 0.5) is 0 Å². The normalized spacial score (nSPS) is 39.5. The Bertz CT molecular complexity index is 336. The van der Waals surface area contributed by atoms with Crippen molar-refractivity contribution in [1.82, 2.24) is 0 Å². The molecule has 0 bridgehead atoms. The van der Waals surface area contributed by atoms with Crippen molar-refractivity contribution in [2.45, 2.75) is 39.0 Å². The molecule has 1 aromatic rings. The predicted octanol–water partition coefficient (Wildman–Crippen LogP) is 3.81. The van der Waals surface area contributed by atoms with Gasteiger partial charge in [-0.15, -0.1) is 0 Å². The van der Waals surface area contributed by atoms with E-state index in [1.54, 1.807) is 0 Å². The summed E-state index contributed by atoms with van der Waals surface area (Å²) in [4.78, 5) is 0. The summed E-state index contributed by atoms with van der Waals surface area (Å²) in [5.74, 6) is 0. The lowest BCUT2D eigenvalue weighted by molar-refractivity contribution is 0.415. The Labute approximate surface area is 86.3 Å². The maximum Gasteiger partial charge on any atom is -0.0198 e. The van der Waals surface area contributed by atoms with E-state index in [1.165, 1.54) is 37.7 Å². The van der Waals surface area contributed by atoms with E-state index in [4.69, 9.17) is 0 Å². The zero-order chi connectivity index (χ0) is 9.65. The molecule has 0 heterocycles. The molecule has 2 aliphatic carbocycles. The van der Waals surface area contributed by atoms with E-state index in [-0.39, 0.29) is 0 Å². The molecule has 0 N–H and O–H groups in total. The van der Waals surface area contributed by atoms with Crippen LogP contribution in [-0.2, 0) is 6.42 Å². The molecule has 0 amide bonds. The second kappa shape index (κ2) is 2.62. The summed E-state index contributed by atoms with van der Waals surface area (Å²) in [5, 5.41) is 0. The Hall–Kier alpha value is -0.780. The Kier molecular flexibility index (Phi) is 1.60. The summed E-state index contributed by atoms with van der Waals surface area (Å²) in [6.45, 7) is 2.49. The highest BCUT2D eigenvalue weighted by molar-refractivity contribution is 5.24. The topological polar surface area (TPSA) is 0 Å². The largest absolute Gasteiger partial charge is 0.0622 e. The molecule has 2 atom stereocenters. The zero-order valence-electron chi connectivity index (χ0n) is 8.92. The average Bonchev–Trinajstić information content (AvgIpc) is 2.60. The molecule has 0 heteroatoms. The Morgan fingerprint density at radius 1 is 1.14 bits per heavy atom. The first-order valence-electron chi connectivity index (χ1n) is 5.78. The van der Waals surface area contributed by atoms with Crippen molar-refractivity contribution in [1.29, 1.82) is 0 Å². The van der Waals surface area contributed by atoms with Gasteiger partial charge in [-0.25, -0.2) is 0 Å². The first-order valence-corrected chi connectivity index (χ1v) is 5.78. The van der Waals surface area contributed by atoms with Crippen molar-refractivity contribution in [2.24, 2.45) is 10.8 Å². The lowest BCUT2D eigenvalue weighted by Crippen LogP contribution is -2.07. The highest BCUT2D eigenvalue weighted by atomic mass is 14.7. The molecule has 14 heavy (non-hydrogen) atoms. The van der Waals surface area contributed by atoms with Gasteiger partial charge in [-0.3, -0.25) is 0 Å². The molecule has 2 saturated carbocycles. The van der Waals surface area contributed by atoms with Crippen LogP contribution < -0.4 is 0 Å². The maximum atomic E-state index is 2.49. The van der Waals surface area contributed by atoms with Crippen LogP contribution in [0.1, 0.15) is 38.2 Å². The summed E-state index contributed by atoms with van der Waals surface area (Å²) >= 11 is 0. The van der Waals surface area contributed by atoms with Crippen molar-refractivity contribution < 1.29 is 0 Å². The number of fused-ring (bicyclic) bond motifs is 1. The molecular weight excluding hydrogens is 168 g/mol. The van der Waals surface area contributed by atoms with E-state index in [0.29, 0.717) is 10.8 Å². The molecule has 0 spiro atoms. The lowest BCUT2D eigenvalue weighted by atomic mass is 9.90. The second-order valence-corrected chi connectivity index (χ2v) is 5.53. The molecule has 2 unspecified atom stereocenters. The minimum absolute atomic E-state index is 0.703. The summed E-state index contributed by atoms with van der Waals surface area (Å²) in [6, 6.07) is 11.0. The molecule has 0 radical (unpaired) electrons. The van der Waals surface area contributed by atoms with Gasteiger partial charge in [0.2, 0.25) is 0 Å². The molecule has 0 nitrogen and oxygen atoms in total. The van der Waals surface area contributed by atoms with Crippen LogP contribution >= 0.6 is 0 Å². The molecule has 0 aromatic heterocycles. The van der Waals surface area contributed by atoms with E-state index in [1.807, 2.05) is 0 Å². The molecule has 2 aliphatic rings. The highest BCUT2D eigenvalue weighted by Gasteiger charge is 2.65. The quantitative estimate of drug-likeness (QED) is 0.659. The van der Waals surface area contributed by atoms with Gasteiger partial charge < -0.3 is 0 Å². The van der Waals surface area contributed by atoms with Gasteiger partial charge in [0.1, 0.15) is 0 Å². The Morgan fingerprint density at radius 3 is 2.50 bits per heavy atom. The van der Waals surface area contributed by atoms with Crippen molar-refractivity contribution in [2.75, 3.05) is 0 Å². The Balaban J connectivity index is 1.81. The number of hydrogen-bond donors (Lipinski definition) is 0. The van der Waals surface area contributed by atoms with Crippen LogP contribution in [0, 0.1) is 10.8 Å². The minimum atomic E-state index is 0.703. The maximum absolute atomic E-state index is 2.49. The average molecular weight is 186 g/mol. The molecule has 2 fully saturated rings. The van der Waals surface area contributed by atoms with Gasteiger partial charge in [0.25, 0.3) is 0 Å². The fourth-order valence-corrected chi connectivity index (χ4v) is 3.61. The van der Waals surface area contributed by atoms with Gasteiger partial charge in [0, 0.05) is 0 Å². The summed E-state index contributed by atoms with van der Waals surface area (Å²) in [6.07, 6.45) is 7.21. The molecule has 1 aromatic carbocycles. The first kappa shape index (κ1) is 8.52. The SMILES string of the molecule is CC12CCCC1(Cc1ccccc1)C2. The van der Waals surface area contributed by atoms with Gasteiger partial charge >= 0.3 is 0 Å². The van der Waals surface area contributed by atoms with Crippen LogP contribution in [0.3, 0.4) is 0 Å². The lowest BCUT2D eigenvalue weighted by Gasteiger charge is -2.14. The monoisotopic (exact) mass is 186 g/mol. The zero-order valence-corrected chi connectivity index (χ0v) is 8.92. The summed E-state index contributed by atoms with van der Waals surface area (Å²) < 4.78 is 0. The molecule has 0 aliphatic heterocycles. The summed E-state index contributed by atoms with van der Waals surface area (Å²) in [5.41, 5.74) is 2.95. The van der Waals surface area contributed by atoms with Crippen molar-refractivity contribution in [3.63, 3.8) is 0 Å². The van der Waals surface area contributed by atoms with E-state index in [9.17, 15) is 0 Å². The van der Waals surface area contributed by atoms with Gasteiger partial charge in [0.15, 0.2) is 0 Å². The van der Waals surface area contributed by atoms with Crippen molar-refractivity contribution in [3.8, 4) is 0 Å². The van der Waals surface area contributed by atoms with Gasteiger partial charge in [-0.2, -0.15) is 0 Å². The predicted molar refractivity (Wildman–Crippen MR) is 59.2 cm³/mol. The van der Waals surface area contributed by atoms with E-state index in [0.717, 1.165) is 0 Å². The van der Waals surface area contributed by atoms with E-state index >= 15 is 0 Å². The Morgan fingerprint density at radius 2 is 1.93 bits per heavy atom. The first-order chi connectivity index (χ1) is 6.74. The van der Waals surface area contributed by atoms with Crippen LogP contribution in [0.25, 0.3) is 0 Å². The van der Waals surface area contributed by atoms with Crippen molar-refractivity contribution >= 4 is 0 Å². The van der Waals surface area contributed by atoms with Crippen LogP contribution in [0.15, 0.2) is 30.3 Å². The third-order valence-electron chi connectivity index (χ3n) is 4.65. The second-order valence-electron chi connectivity index (χ2n) is 5.53. The third-order valence-corrected chi connectivity index (χ3v) is 4.65.